The Morgan fingerprint density at radius 3 is 2.65 bits per heavy atom. The molecule has 0 amide bonds. The number of rotatable bonds is 3. The maximum atomic E-state index is 6.10. The molecule has 0 spiro atoms. The first-order valence-corrected chi connectivity index (χ1v) is 7.13. The van der Waals surface area contributed by atoms with E-state index >= 15 is 0 Å². The lowest BCUT2D eigenvalue weighted by Crippen LogP contribution is -2.23. The molecule has 0 radical (unpaired) electrons. The predicted molar refractivity (Wildman–Crippen MR) is 74.1 cm³/mol. The molecule has 94 valence electrons. The Balaban J connectivity index is 2.04. The number of halogens is 1. The molecule has 1 aromatic rings. The first-order valence-electron chi connectivity index (χ1n) is 6.34. The van der Waals surface area contributed by atoms with Crippen molar-refractivity contribution in [1.29, 1.82) is 0 Å². The molecule has 0 saturated heterocycles. The first-order chi connectivity index (χ1) is 8.19. The average molecular weight is 298 g/mol. The SMILES string of the molecule is CC1CCC(Oc2cc(Br)ccc2CN)CC1. The highest BCUT2D eigenvalue weighted by atomic mass is 79.9. The summed E-state index contributed by atoms with van der Waals surface area (Å²) in [6, 6.07) is 6.07. The minimum absolute atomic E-state index is 0.366. The van der Waals surface area contributed by atoms with E-state index in [2.05, 4.69) is 22.9 Å². The minimum Gasteiger partial charge on any atom is -0.490 e. The van der Waals surface area contributed by atoms with Crippen molar-refractivity contribution in [3.05, 3.63) is 28.2 Å². The Morgan fingerprint density at radius 2 is 2.00 bits per heavy atom. The van der Waals surface area contributed by atoms with E-state index in [4.69, 9.17) is 10.5 Å². The smallest absolute Gasteiger partial charge is 0.125 e. The third-order valence-electron chi connectivity index (χ3n) is 3.51. The summed E-state index contributed by atoms with van der Waals surface area (Å²) in [4.78, 5) is 0. The molecule has 3 heteroatoms. The van der Waals surface area contributed by atoms with Crippen molar-refractivity contribution in [1.82, 2.24) is 0 Å². The van der Waals surface area contributed by atoms with Crippen LogP contribution >= 0.6 is 15.9 Å². The molecule has 1 aliphatic carbocycles. The van der Waals surface area contributed by atoms with Crippen LogP contribution in [0.5, 0.6) is 5.75 Å². The molecule has 1 aromatic carbocycles. The van der Waals surface area contributed by atoms with Crippen molar-refractivity contribution < 1.29 is 4.74 Å². The maximum Gasteiger partial charge on any atom is 0.125 e. The van der Waals surface area contributed by atoms with E-state index in [0.29, 0.717) is 12.6 Å². The van der Waals surface area contributed by atoms with Gasteiger partial charge in [-0.1, -0.05) is 28.9 Å². The van der Waals surface area contributed by atoms with Crippen LogP contribution in [-0.4, -0.2) is 6.10 Å². The van der Waals surface area contributed by atoms with Crippen molar-refractivity contribution in [2.75, 3.05) is 0 Å². The fourth-order valence-electron chi connectivity index (χ4n) is 2.33. The zero-order valence-corrected chi connectivity index (χ0v) is 11.9. The number of hydrogen-bond acceptors (Lipinski definition) is 2. The van der Waals surface area contributed by atoms with Crippen LogP contribution in [0.3, 0.4) is 0 Å². The molecule has 0 bridgehead atoms. The molecular formula is C14H20BrNO. The lowest BCUT2D eigenvalue weighted by molar-refractivity contribution is 0.134. The Hall–Kier alpha value is -0.540. The van der Waals surface area contributed by atoms with Crippen LogP contribution in [-0.2, 0) is 6.54 Å². The van der Waals surface area contributed by atoms with Crippen LogP contribution in [0.15, 0.2) is 22.7 Å². The molecule has 17 heavy (non-hydrogen) atoms. The van der Waals surface area contributed by atoms with E-state index in [1.807, 2.05) is 18.2 Å². The van der Waals surface area contributed by atoms with E-state index in [0.717, 1.165) is 34.5 Å². The fourth-order valence-corrected chi connectivity index (χ4v) is 2.67. The van der Waals surface area contributed by atoms with Crippen molar-refractivity contribution in [3.8, 4) is 5.75 Å². The van der Waals surface area contributed by atoms with E-state index in [-0.39, 0.29) is 0 Å². The molecular weight excluding hydrogens is 278 g/mol. The maximum absolute atomic E-state index is 6.10. The standard InChI is InChI=1S/C14H20BrNO/c1-10-2-6-13(7-3-10)17-14-8-12(15)5-4-11(14)9-16/h4-5,8,10,13H,2-3,6-7,9,16H2,1H3. The zero-order chi connectivity index (χ0) is 12.3. The van der Waals surface area contributed by atoms with Crippen molar-refractivity contribution in [2.24, 2.45) is 11.7 Å². The van der Waals surface area contributed by atoms with Gasteiger partial charge in [0.2, 0.25) is 0 Å². The molecule has 0 heterocycles. The second-order valence-electron chi connectivity index (χ2n) is 4.96. The fraction of sp³-hybridized carbons (Fsp3) is 0.571. The second kappa shape index (κ2) is 5.87. The quantitative estimate of drug-likeness (QED) is 0.919. The molecule has 2 N–H and O–H groups in total. The van der Waals surface area contributed by atoms with Gasteiger partial charge >= 0.3 is 0 Å². The molecule has 0 unspecified atom stereocenters. The summed E-state index contributed by atoms with van der Waals surface area (Å²) in [6.07, 6.45) is 5.24. The number of nitrogens with two attached hydrogens (primary N) is 1. The van der Waals surface area contributed by atoms with Crippen LogP contribution in [0, 0.1) is 5.92 Å². The summed E-state index contributed by atoms with van der Waals surface area (Å²) >= 11 is 3.48. The van der Waals surface area contributed by atoms with Crippen molar-refractivity contribution in [3.63, 3.8) is 0 Å². The predicted octanol–water partition coefficient (Wildman–Crippen LogP) is 3.87. The van der Waals surface area contributed by atoms with Crippen LogP contribution in [0.4, 0.5) is 0 Å². The highest BCUT2D eigenvalue weighted by Crippen LogP contribution is 2.30. The van der Waals surface area contributed by atoms with E-state index in [1.165, 1.54) is 12.8 Å². The van der Waals surface area contributed by atoms with Crippen LogP contribution < -0.4 is 10.5 Å². The summed E-state index contributed by atoms with van der Waals surface area (Å²) in [6.45, 7) is 2.85. The molecule has 1 aliphatic rings. The lowest BCUT2D eigenvalue weighted by Gasteiger charge is -2.27. The van der Waals surface area contributed by atoms with Gasteiger partial charge in [-0.25, -0.2) is 0 Å². The lowest BCUT2D eigenvalue weighted by atomic mass is 9.89. The molecule has 1 saturated carbocycles. The molecule has 0 atom stereocenters. The van der Waals surface area contributed by atoms with Gasteiger partial charge in [0.15, 0.2) is 0 Å². The highest BCUT2D eigenvalue weighted by molar-refractivity contribution is 9.10. The van der Waals surface area contributed by atoms with Crippen molar-refractivity contribution >= 4 is 15.9 Å². The topological polar surface area (TPSA) is 35.2 Å². The Bertz CT molecular complexity index is 372. The highest BCUT2D eigenvalue weighted by Gasteiger charge is 2.20. The second-order valence-corrected chi connectivity index (χ2v) is 5.87. The molecule has 1 fully saturated rings. The molecule has 2 rings (SSSR count). The van der Waals surface area contributed by atoms with Gasteiger partial charge < -0.3 is 10.5 Å². The monoisotopic (exact) mass is 297 g/mol. The van der Waals surface area contributed by atoms with Gasteiger partial charge in [0.05, 0.1) is 6.10 Å². The van der Waals surface area contributed by atoms with E-state index < -0.39 is 0 Å². The third kappa shape index (κ3) is 3.46. The Kier molecular flexibility index (Phi) is 4.46. The van der Waals surface area contributed by atoms with Crippen LogP contribution in [0.25, 0.3) is 0 Å². The molecule has 0 aliphatic heterocycles. The van der Waals surface area contributed by atoms with Gasteiger partial charge in [-0.3, -0.25) is 0 Å². The molecule has 0 aromatic heterocycles. The minimum atomic E-state index is 0.366. The van der Waals surface area contributed by atoms with E-state index in [9.17, 15) is 0 Å². The largest absolute Gasteiger partial charge is 0.490 e. The number of ether oxygens (including phenoxy) is 1. The normalized spacial score (nSPS) is 24.6. The van der Waals surface area contributed by atoms with Gasteiger partial charge in [0.1, 0.15) is 5.75 Å². The summed E-state index contributed by atoms with van der Waals surface area (Å²) in [5.41, 5.74) is 6.82. The molecule has 2 nitrogen and oxygen atoms in total. The van der Waals surface area contributed by atoms with Crippen molar-refractivity contribution in [2.45, 2.75) is 45.3 Å². The van der Waals surface area contributed by atoms with Crippen LogP contribution in [0.1, 0.15) is 38.2 Å². The summed E-state index contributed by atoms with van der Waals surface area (Å²) < 4.78 is 7.15. The van der Waals surface area contributed by atoms with Gasteiger partial charge in [-0.15, -0.1) is 0 Å². The number of hydrogen-bond donors (Lipinski definition) is 1. The zero-order valence-electron chi connectivity index (χ0n) is 10.3. The average Bonchev–Trinajstić information content (AvgIpc) is 2.32. The van der Waals surface area contributed by atoms with Crippen LogP contribution in [0.2, 0.25) is 0 Å². The summed E-state index contributed by atoms with van der Waals surface area (Å²) in [5, 5.41) is 0. The van der Waals surface area contributed by atoms with Gasteiger partial charge in [-0.05, 0) is 43.7 Å². The van der Waals surface area contributed by atoms with Gasteiger partial charge in [0, 0.05) is 16.6 Å². The third-order valence-corrected chi connectivity index (χ3v) is 4.00. The summed E-state index contributed by atoms with van der Waals surface area (Å²) in [5.74, 6) is 1.80. The van der Waals surface area contributed by atoms with Gasteiger partial charge in [0.25, 0.3) is 0 Å². The Morgan fingerprint density at radius 1 is 1.29 bits per heavy atom. The number of benzene rings is 1. The van der Waals surface area contributed by atoms with E-state index in [1.54, 1.807) is 0 Å². The first kappa shape index (κ1) is 12.9. The summed E-state index contributed by atoms with van der Waals surface area (Å²) in [7, 11) is 0. The Labute approximate surface area is 112 Å². The van der Waals surface area contributed by atoms with Gasteiger partial charge in [-0.2, -0.15) is 0 Å².